The van der Waals surface area contributed by atoms with Crippen molar-refractivity contribution >= 4 is 27.1 Å². The van der Waals surface area contributed by atoms with E-state index >= 15 is 0 Å². The number of hydrogen-bond donors (Lipinski definition) is 0. The molecule has 0 aromatic heterocycles. The predicted octanol–water partition coefficient (Wildman–Crippen LogP) is 7.84. The lowest BCUT2D eigenvalue weighted by molar-refractivity contribution is -0.106. The molecule has 0 saturated carbocycles. The summed E-state index contributed by atoms with van der Waals surface area (Å²) in [5.74, 6) is 2.10. The molecular formula is C33H34BrF2NO4. The first-order valence-electron chi connectivity index (χ1n) is 14.2. The monoisotopic (exact) mass is 625 g/mol. The van der Waals surface area contributed by atoms with E-state index in [1.54, 1.807) is 12.1 Å². The summed E-state index contributed by atoms with van der Waals surface area (Å²) in [7, 11) is 0. The number of halogens is 3. The van der Waals surface area contributed by atoms with Crippen LogP contribution in [0.25, 0.3) is 11.1 Å². The number of hydrogen-bond acceptors (Lipinski definition) is 5. The van der Waals surface area contributed by atoms with E-state index in [4.69, 9.17) is 18.9 Å². The van der Waals surface area contributed by atoms with Gasteiger partial charge in [0.25, 0.3) is 0 Å². The Morgan fingerprint density at radius 2 is 1.80 bits per heavy atom. The minimum atomic E-state index is -0.402. The molecule has 5 nitrogen and oxygen atoms in total. The van der Waals surface area contributed by atoms with Crippen molar-refractivity contribution in [2.45, 2.75) is 38.6 Å². The maximum absolute atomic E-state index is 13.9. The van der Waals surface area contributed by atoms with E-state index in [1.807, 2.05) is 36.4 Å². The minimum absolute atomic E-state index is 0.173. The molecule has 2 saturated heterocycles. The van der Waals surface area contributed by atoms with E-state index in [0.717, 1.165) is 82.7 Å². The molecule has 3 aromatic carbocycles. The summed E-state index contributed by atoms with van der Waals surface area (Å²) in [5, 5.41) is 0. The van der Waals surface area contributed by atoms with Crippen LogP contribution in [0.1, 0.15) is 49.0 Å². The summed E-state index contributed by atoms with van der Waals surface area (Å²) < 4.78 is 52.0. The summed E-state index contributed by atoms with van der Waals surface area (Å²) in [4.78, 5) is 2.20. The molecule has 2 unspecified atom stereocenters. The molecule has 41 heavy (non-hydrogen) atoms. The molecule has 0 spiro atoms. The average Bonchev–Trinajstić information content (AvgIpc) is 2.96. The fourth-order valence-corrected chi connectivity index (χ4v) is 6.13. The first kappa shape index (κ1) is 28.2. The molecule has 0 aliphatic carbocycles. The second-order valence-corrected chi connectivity index (χ2v) is 11.8. The number of likely N-dealkylation sites (tertiary alicyclic amines) is 1. The molecule has 3 heterocycles. The number of nitrogens with zero attached hydrogens (tertiary/aromatic N) is 1. The lowest BCUT2D eigenvalue weighted by Gasteiger charge is -2.37. The number of ether oxygens (including phenoxy) is 4. The molecule has 0 N–H and O–H groups in total. The van der Waals surface area contributed by atoms with Crippen molar-refractivity contribution in [3.05, 3.63) is 87.6 Å². The van der Waals surface area contributed by atoms with Gasteiger partial charge in [-0.15, -0.1) is 0 Å². The molecule has 0 radical (unpaired) electrons. The van der Waals surface area contributed by atoms with E-state index in [0.29, 0.717) is 19.0 Å². The maximum Gasteiger partial charge on any atom is 0.199 e. The van der Waals surface area contributed by atoms with Gasteiger partial charge in [0.15, 0.2) is 6.29 Å². The zero-order chi connectivity index (χ0) is 28.3. The fourth-order valence-electron chi connectivity index (χ4n) is 5.71. The predicted molar refractivity (Wildman–Crippen MR) is 158 cm³/mol. The van der Waals surface area contributed by atoms with Gasteiger partial charge in [0.2, 0.25) is 0 Å². The van der Waals surface area contributed by atoms with Crippen LogP contribution >= 0.6 is 15.9 Å². The van der Waals surface area contributed by atoms with E-state index in [-0.39, 0.29) is 24.7 Å². The molecule has 216 valence electrons. The summed E-state index contributed by atoms with van der Waals surface area (Å²) in [6.07, 6.45) is 2.32. The van der Waals surface area contributed by atoms with Crippen molar-refractivity contribution in [2.24, 2.45) is 5.92 Å². The highest BCUT2D eigenvalue weighted by Gasteiger charge is 2.31. The SMILES string of the molecule is CC1=C(c2ccc(F)cc2)C(c2ccc(OCCN3CC(CF)C3)cc2)Oc2cc(Br)c(OC3CCCCO3)cc21. The Morgan fingerprint density at radius 1 is 1.02 bits per heavy atom. The maximum atomic E-state index is 13.9. The smallest absolute Gasteiger partial charge is 0.199 e. The van der Waals surface area contributed by atoms with Crippen molar-refractivity contribution in [3.8, 4) is 17.2 Å². The third-order valence-corrected chi connectivity index (χ3v) is 8.63. The summed E-state index contributed by atoms with van der Waals surface area (Å²) in [5.41, 5.74) is 4.78. The second kappa shape index (κ2) is 12.5. The van der Waals surface area contributed by atoms with Crippen LogP contribution in [0, 0.1) is 11.7 Å². The van der Waals surface area contributed by atoms with Crippen LogP contribution < -0.4 is 14.2 Å². The quantitative estimate of drug-likeness (QED) is 0.242. The summed E-state index contributed by atoms with van der Waals surface area (Å²) in [6, 6.07) is 18.4. The van der Waals surface area contributed by atoms with Crippen molar-refractivity contribution in [1.29, 1.82) is 0 Å². The van der Waals surface area contributed by atoms with Gasteiger partial charge in [-0.05, 0) is 88.8 Å². The Kier molecular flexibility index (Phi) is 8.60. The lowest BCUT2D eigenvalue weighted by atomic mass is 9.86. The Hall–Kier alpha value is -2.94. The van der Waals surface area contributed by atoms with E-state index in [2.05, 4.69) is 27.8 Å². The Labute approximate surface area is 248 Å². The van der Waals surface area contributed by atoms with Crippen LogP contribution in [0.5, 0.6) is 17.2 Å². The van der Waals surface area contributed by atoms with Gasteiger partial charge in [-0.25, -0.2) is 4.39 Å². The molecule has 8 heteroatoms. The molecule has 0 amide bonds. The van der Waals surface area contributed by atoms with Gasteiger partial charge in [0, 0.05) is 43.1 Å². The summed E-state index contributed by atoms with van der Waals surface area (Å²) >= 11 is 3.67. The van der Waals surface area contributed by atoms with Gasteiger partial charge >= 0.3 is 0 Å². The second-order valence-electron chi connectivity index (χ2n) is 10.9. The normalized spacial score (nSPS) is 21.2. The van der Waals surface area contributed by atoms with Crippen molar-refractivity contribution in [1.82, 2.24) is 4.90 Å². The van der Waals surface area contributed by atoms with Crippen LogP contribution in [0.4, 0.5) is 8.78 Å². The average molecular weight is 627 g/mol. The standard InChI is InChI=1S/C33H34BrF2NO4/c1-21-27-16-30(40-31-4-2-3-14-39-31)28(34)17-29(27)41-33(32(21)23-5-9-25(36)10-6-23)24-7-11-26(12-8-24)38-15-13-37-19-22(18-35)20-37/h5-12,16-17,22,31,33H,2-4,13-15,18-20H2,1H3. The number of rotatable bonds is 9. The molecule has 3 aliphatic rings. The molecule has 0 bridgehead atoms. The van der Waals surface area contributed by atoms with Gasteiger partial charge < -0.3 is 18.9 Å². The number of allylic oxidation sites excluding steroid dienone is 1. The third kappa shape index (κ3) is 6.30. The molecule has 6 rings (SSSR count). The van der Waals surface area contributed by atoms with Gasteiger partial charge in [-0.2, -0.15) is 0 Å². The van der Waals surface area contributed by atoms with Crippen LogP contribution in [-0.2, 0) is 4.74 Å². The van der Waals surface area contributed by atoms with Crippen LogP contribution in [0.3, 0.4) is 0 Å². The first-order valence-corrected chi connectivity index (χ1v) is 15.0. The van der Waals surface area contributed by atoms with Gasteiger partial charge in [-0.3, -0.25) is 9.29 Å². The van der Waals surface area contributed by atoms with E-state index < -0.39 is 6.10 Å². The Morgan fingerprint density at radius 3 is 2.51 bits per heavy atom. The molecule has 2 fully saturated rings. The summed E-state index contributed by atoms with van der Waals surface area (Å²) in [6.45, 7) is 5.46. The fraction of sp³-hybridized carbons (Fsp3) is 0.394. The zero-order valence-corrected chi connectivity index (χ0v) is 24.7. The van der Waals surface area contributed by atoms with Crippen molar-refractivity contribution < 1.29 is 27.7 Å². The number of fused-ring (bicyclic) bond motifs is 1. The zero-order valence-electron chi connectivity index (χ0n) is 23.1. The Balaban J connectivity index is 1.26. The highest BCUT2D eigenvalue weighted by molar-refractivity contribution is 9.10. The van der Waals surface area contributed by atoms with Crippen molar-refractivity contribution in [2.75, 3.05) is 39.5 Å². The van der Waals surface area contributed by atoms with Gasteiger partial charge in [0.05, 0.1) is 17.8 Å². The van der Waals surface area contributed by atoms with Gasteiger partial charge in [0.1, 0.15) is 35.8 Å². The molecule has 3 aromatic rings. The van der Waals surface area contributed by atoms with Crippen LogP contribution in [0.2, 0.25) is 0 Å². The van der Waals surface area contributed by atoms with Crippen LogP contribution in [0.15, 0.2) is 65.1 Å². The van der Waals surface area contributed by atoms with E-state index in [1.165, 1.54) is 12.1 Å². The number of alkyl halides is 1. The highest BCUT2D eigenvalue weighted by Crippen LogP contribution is 2.49. The third-order valence-electron chi connectivity index (χ3n) is 8.01. The highest BCUT2D eigenvalue weighted by atomic mass is 79.9. The molecule has 2 atom stereocenters. The van der Waals surface area contributed by atoms with Crippen LogP contribution in [-0.4, -0.2) is 50.7 Å². The van der Waals surface area contributed by atoms with Gasteiger partial charge in [-0.1, -0.05) is 24.3 Å². The minimum Gasteiger partial charge on any atom is -0.492 e. The topological polar surface area (TPSA) is 40.2 Å². The Bertz CT molecular complexity index is 1380. The first-order chi connectivity index (χ1) is 20.0. The molecular weight excluding hydrogens is 592 g/mol. The largest absolute Gasteiger partial charge is 0.492 e. The van der Waals surface area contributed by atoms with Crippen molar-refractivity contribution in [3.63, 3.8) is 0 Å². The lowest BCUT2D eigenvalue weighted by Crippen LogP contribution is -2.49. The van der Waals surface area contributed by atoms with E-state index in [9.17, 15) is 8.78 Å². The molecule has 3 aliphatic heterocycles. The number of benzene rings is 3.